The fourth-order valence-corrected chi connectivity index (χ4v) is 3.19. The lowest BCUT2D eigenvalue weighted by atomic mass is 9.85. The van der Waals surface area contributed by atoms with E-state index in [1.54, 1.807) is 6.08 Å². The maximum Gasteiger partial charge on any atom is 0.342 e. The number of benzene rings is 2. The third kappa shape index (κ3) is 2.36. The van der Waals surface area contributed by atoms with Crippen molar-refractivity contribution < 1.29 is 19.7 Å². The standard InChI is InChI=1S/C19H16O4/c20-17-15(10-19(22)11-16(17)23-18(19)21)8-6-12-5-7-13-3-1-2-4-14(13)9-12/h1-10,16-17,20,22H,11H2/b8-6+/t16-,17-,19+/m1/s1. The molecule has 4 nitrogen and oxygen atoms in total. The summed E-state index contributed by atoms with van der Waals surface area (Å²) in [6.45, 7) is 0. The number of hydrogen-bond acceptors (Lipinski definition) is 4. The molecule has 2 aromatic carbocycles. The molecule has 1 heterocycles. The predicted molar refractivity (Wildman–Crippen MR) is 86.5 cm³/mol. The van der Waals surface area contributed by atoms with Crippen molar-refractivity contribution in [2.24, 2.45) is 0 Å². The summed E-state index contributed by atoms with van der Waals surface area (Å²) in [7, 11) is 0. The van der Waals surface area contributed by atoms with Gasteiger partial charge in [-0.3, -0.25) is 0 Å². The van der Waals surface area contributed by atoms with Crippen molar-refractivity contribution in [2.75, 3.05) is 0 Å². The molecule has 0 radical (unpaired) electrons. The van der Waals surface area contributed by atoms with Gasteiger partial charge < -0.3 is 14.9 Å². The van der Waals surface area contributed by atoms with Crippen LogP contribution in [0.3, 0.4) is 0 Å². The number of aliphatic hydroxyl groups excluding tert-OH is 1. The molecule has 2 bridgehead atoms. The highest BCUT2D eigenvalue weighted by molar-refractivity contribution is 5.86. The van der Waals surface area contributed by atoms with Crippen molar-refractivity contribution in [1.29, 1.82) is 0 Å². The minimum absolute atomic E-state index is 0.111. The molecule has 0 spiro atoms. The summed E-state index contributed by atoms with van der Waals surface area (Å²) < 4.78 is 5.02. The number of carbonyl (C=O) groups is 1. The zero-order valence-corrected chi connectivity index (χ0v) is 12.3. The van der Waals surface area contributed by atoms with Crippen molar-refractivity contribution in [3.05, 3.63) is 65.8 Å². The van der Waals surface area contributed by atoms with Gasteiger partial charge in [0.1, 0.15) is 12.2 Å². The Balaban J connectivity index is 1.66. The summed E-state index contributed by atoms with van der Waals surface area (Å²) in [6, 6.07) is 14.1. The highest BCUT2D eigenvalue weighted by Crippen LogP contribution is 2.37. The first kappa shape index (κ1) is 14.2. The van der Waals surface area contributed by atoms with E-state index in [1.165, 1.54) is 6.08 Å². The van der Waals surface area contributed by atoms with Crippen LogP contribution in [0.5, 0.6) is 0 Å². The van der Waals surface area contributed by atoms with Gasteiger partial charge in [0.2, 0.25) is 0 Å². The fraction of sp³-hybridized carbons (Fsp3) is 0.211. The minimum atomic E-state index is -1.60. The van der Waals surface area contributed by atoms with Crippen molar-refractivity contribution in [3.8, 4) is 0 Å². The second kappa shape index (κ2) is 5.05. The lowest BCUT2D eigenvalue weighted by Crippen LogP contribution is -2.37. The van der Waals surface area contributed by atoms with Crippen LogP contribution in [0.4, 0.5) is 0 Å². The lowest BCUT2D eigenvalue weighted by Gasteiger charge is -2.24. The van der Waals surface area contributed by atoms with Crippen LogP contribution in [-0.2, 0) is 9.53 Å². The van der Waals surface area contributed by atoms with E-state index in [0.29, 0.717) is 5.57 Å². The summed E-state index contributed by atoms with van der Waals surface area (Å²) in [5.74, 6) is -0.685. The molecule has 1 fully saturated rings. The molecule has 4 heteroatoms. The van der Waals surface area contributed by atoms with E-state index in [2.05, 4.69) is 0 Å². The van der Waals surface area contributed by atoms with Gasteiger partial charge >= 0.3 is 5.97 Å². The zero-order valence-electron chi connectivity index (χ0n) is 12.3. The molecule has 4 rings (SSSR count). The van der Waals surface area contributed by atoms with Crippen LogP contribution in [0.15, 0.2) is 60.2 Å². The van der Waals surface area contributed by atoms with E-state index >= 15 is 0 Å². The maximum atomic E-state index is 11.6. The number of carbonyl (C=O) groups excluding carboxylic acids is 1. The van der Waals surface area contributed by atoms with Gasteiger partial charge in [0, 0.05) is 6.42 Å². The zero-order chi connectivity index (χ0) is 16.0. The summed E-state index contributed by atoms with van der Waals surface area (Å²) in [5.41, 5.74) is -0.121. The molecule has 0 unspecified atom stereocenters. The van der Waals surface area contributed by atoms with Gasteiger partial charge in [0.05, 0.1) is 0 Å². The summed E-state index contributed by atoms with van der Waals surface area (Å²) in [5, 5.41) is 22.7. The molecular formula is C19H16O4. The Morgan fingerprint density at radius 2 is 1.91 bits per heavy atom. The van der Waals surface area contributed by atoms with E-state index in [-0.39, 0.29) is 6.42 Å². The number of fused-ring (bicyclic) bond motifs is 3. The first-order chi connectivity index (χ1) is 11.0. The average molecular weight is 308 g/mol. The van der Waals surface area contributed by atoms with Crippen molar-refractivity contribution in [1.82, 2.24) is 0 Å². The third-order valence-corrected chi connectivity index (χ3v) is 4.47. The van der Waals surface area contributed by atoms with Crippen LogP contribution in [0.25, 0.3) is 16.8 Å². The second-order valence-corrected chi connectivity index (χ2v) is 6.10. The van der Waals surface area contributed by atoms with E-state index in [4.69, 9.17) is 4.74 Å². The highest BCUT2D eigenvalue weighted by atomic mass is 16.6. The third-order valence-electron chi connectivity index (χ3n) is 4.47. The Morgan fingerprint density at radius 1 is 1.13 bits per heavy atom. The van der Waals surface area contributed by atoms with Crippen LogP contribution < -0.4 is 0 Å². The van der Waals surface area contributed by atoms with Crippen LogP contribution in [-0.4, -0.2) is 34.0 Å². The Labute approximate surface area is 133 Å². The van der Waals surface area contributed by atoms with Gasteiger partial charge in [0.25, 0.3) is 0 Å². The van der Waals surface area contributed by atoms with Crippen molar-refractivity contribution in [2.45, 2.75) is 24.2 Å². The molecule has 116 valence electrons. The van der Waals surface area contributed by atoms with Gasteiger partial charge in [-0.2, -0.15) is 0 Å². The molecule has 1 aliphatic carbocycles. The number of ether oxygens (including phenoxy) is 1. The van der Waals surface area contributed by atoms with Crippen LogP contribution in [0.1, 0.15) is 12.0 Å². The van der Waals surface area contributed by atoms with Crippen LogP contribution in [0, 0.1) is 0 Å². The topological polar surface area (TPSA) is 66.8 Å². The summed E-state index contributed by atoms with van der Waals surface area (Å²) in [4.78, 5) is 11.6. The SMILES string of the molecule is O=C1O[C@@H]2C[C@@]1(O)C=C(/C=C/c1ccc3ccccc3c1)[C@H]2O. The van der Waals surface area contributed by atoms with E-state index < -0.39 is 23.8 Å². The minimum Gasteiger partial charge on any atom is -0.457 e. The monoisotopic (exact) mass is 308 g/mol. The van der Waals surface area contributed by atoms with Crippen LogP contribution >= 0.6 is 0 Å². The van der Waals surface area contributed by atoms with Gasteiger partial charge in [0.15, 0.2) is 5.60 Å². The van der Waals surface area contributed by atoms with E-state index in [1.807, 2.05) is 48.5 Å². The van der Waals surface area contributed by atoms with Gasteiger partial charge in [-0.15, -0.1) is 0 Å². The number of hydrogen-bond donors (Lipinski definition) is 2. The molecule has 2 aliphatic rings. The Morgan fingerprint density at radius 3 is 2.74 bits per heavy atom. The summed E-state index contributed by atoms with van der Waals surface area (Å²) >= 11 is 0. The van der Waals surface area contributed by atoms with Crippen LogP contribution in [0.2, 0.25) is 0 Å². The lowest BCUT2D eigenvalue weighted by molar-refractivity contribution is -0.152. The molecule has 0 amide bonds. The molecule has 23 heavy (non-hydrogen) atoms. The smallest absolute Gasteiger partial charge is 0.342 e. The number of esters is 1. The largest absolute Gasteiger partial charge is 0.457 e. The highest BCUT2D eigenvalue weighted by Gasteiger charge is 2.52. The first-order valence-electron chi connectivity index (χ1n) is 7.56. The first-order valence-corrected chi connectivity index (χ1v) is 7.56. The molecule has 1 aliphatic heterocycles. The average Bonchev–Trinajstić information content (AvgIpc) is 2.81. The quantitative estimate of drug-likeness (QED) is 0.835. The molecule has 2 N–H and O–H groups in total. The molecular weight excluding hydrogens is 292 g/mol. The van der Waals surface area contributed by atoms with Gasteiger partial charge in [-0.05, 0) is 34.1 Å². The molecule has 1 saturated heterocycles. The Bertz CT molecular complexity index is 851. The maximum absolute atomic E-state index is 11.6. The molecule has 2 aromatic rings. The number of aliphatic hydroxyl groups is 2. The normalized spacial score (nSPS) is 29.8. The fourth-order valence-electron chi connectivity index (χ4n) is 3.19. The number of rotatable bonds is 2. The Kier molecular flexibility index (Phi) is 3.11. The van der Waals surface area contributed by atoms with E-state index in [9.17, 15) is 15.0 Å². The predicted octanol–water partition coefficient (Wildman–Crippen LogP) is 2.20. The molecule has 0 aromatic heterocycles. The van der Waals surface area contributed by atoms with Gasteiger partial charge in [-0.25, -0.2) is 4.79 Å². The van der Waals surface area contributed by atoms with E-state index in [0.717, 1.165) is 16.3 Å². The Hall–Kier alpha value is -2.43. The molecule has 3 atom stereocenters. The summed E-state index contributed by atoms with van der Waals surface area (Å²) in [6.07, 6.45) is 3.53. The van der Waals surface area contributed by atoms with Crippen molar-refractivity contribution >= 4 is 22.8 Å². The molecule has 0 saturated carbocycles. The van der Waals surface area contributed by atoms with Crippen molar-refractivity contribution in [3.63, 3.8) is 0 Å². The van der Waals surface area contributed by atoms with Gasteiger partial charge in [-0.1, -0.05) is 48.6 Å². The second-order valence-electron chi connectivity index (χ2n) is 6.10.